The standard InChI is InChI=1S/C28H35N5O4/c1-5-33-14-11-21(12-15-33)36-22-10-13-29-23(17-22)24(34)16-19-6-8-20(9-7-19)30-27(35)31-26-18-25(37-32-26)28(2,3)4/h6-10,13,17-18,21H,5,11-12,14-16H2,1-4H3,(H2,30,31,32,35). The second-order valence-electron chi connectivity index (χ2n) is 10.3. The Kier molecular flexibility index (Phi) is 8.23. The lowest BCUT2D eigenvalue weighted by Crippen LogP contribution is -2.38. The molecule has 1 aliphatic heterocycles. The maximum atomic E-state index is 12.9. The number of carbonyl (C=O) groups is 2. The summed E-state index contributed by atoms with van der Waals surface area (Å²) >= 11 is 0. The molecule has 1 aromatic carbocycles. The molecule has 1 fully saturated rings. The lowest BCUT2D eigenvalue weighted by molar-refractivity contribution is 0.0977. The van der Waals surface area contributed by atoms with Crippen LogP contribution in [0.5, 0.6) is 5.75 Å². The van der Waals surface area contributed by atoms with Crippen molar-refractivity contribution < 1.29 is 18.8 Å². The highest BCUT2D eigenvalue weighted by molar-refractivity contribution is 5.99. The summed E-state index contributed by atoms with van der Waals surface area (Å²) in [7, 11) is 0. The van der Waals surface area contributed by atoms with Crippen LogP contribution in [-0.2, 0) is 11.8 Å². The molecule has 1 aliphatic rings. The molecule has 0 saturated carbocycles. The molecule has 196 valence electrons. The summed E-state index contributed by atoms with van der Waals surface area (Å²) in [5, 5.41) is 9.30. The van der Waals surface area contributed by atoms with Crippen LogP contribution in [0.25, 0.3) is 0 Å². The summed E-state index contributed by atoms with van der Waals surface area (Å²) in [6.07, 6.45) is 3.94. The molecule has 4 rings (SSSR count). The van der Waals surface area contributed by atoms with E-state index in [4.69, 9.17) is 9.26 Å². The SMILES string of the molecule is CCN1CCC(Oc2ccnc(C(=O)Cc3ccc(NC(=O)Nc4cc(C(C)(C)C)on4)cc3)c2)CC1. The molecule has 37 heavy (non-hydrogen) atoms. The second kappa shape index (κ2) is 11.6. The lowest BCUT2D eigenvalue weighted by atomic mass is 9.93. The van der Waals surface area contributed by atoms with Crippen molar-refractivity contribution >= 4 is 23.3 Å². The fourth-order valence-corrected chi connectivity index (χ4v) is 4.12. The number of urea groups is 1. The summed E-state index contributed by atoms with van der Waals surface area (Å²) in [4.78, 5) is 31.8. The molecule has 0 radical (unpaired) electrons. The number of nitrogens with one attached hydrogen (secondary N) is 2. The van der Waals surface area contributed by atoms with Crippen molar-refractivity contribution in [2.45, 2.75) is 58.5 Å². The average molecular weight is 506 g/mol. The van der Waals surface area contributed by atoms with E-state index in [0.717, 1.165) is 38.0 Å². The number of hydrogen-bond acceptors (Lipinski definition) is 7. The average Bonchev–Trinajstić information content (AvgIpc) is 3.35. The van der Waals surface area contributed by atoms with E-state index in [1.165, 1.54) is 0 Å². The monoisotopic (exact) mass is 505 g/mol. The van der Waals surface area contributed by atoms with E-state index in [1.54, 1.807) is 36.5 Å². The molecular formula is C28H35N5O4. The number of likely N-dealkylation sites (tertiary alicyclic amines) is 1. The molecule has 2 amide bonds. The Morgan fingerprint density at radius 1 is 1.08 bits per heavy atom. The van der Waals surface area contributed by atoms with E-state index in [-0.39, 0.29) is 23.7 Å². The first-order valence-corrected chi connectivity index (χ1v) is 12.7. The quantitative estimate of drug-likeness (QED) is 0.400. The Bertz CT molecular complexity index is 1210. The number of benzene rings is 1. The number of pyridine rings is 1. The van der Waals surface area contributed by atoms with Gasteiger partial charge in [-0.1, -0.05) is 45.0 Å². The van der Waals surface area contributed by atoms with Crippen LogP contribution in [0.2, 0.25) is 0 Å². The van der Waals surface area contributed by atoms with Crippen LogP contribution in [-0.4, -0.2) is 52.6 Å². The molecule has 0 atom stereocenters. The third-order valence-electron chi connectivity index (χ3n) is 6.37. The van der Waals surface area contributed by atoms with Gasteiger partial charge in [-0.05, 0) is 43.1 Å². The number of hydrogen-bond donors (Lipinski definition) is 2. The summed E-state index contributed by atoms with van der Waals surface area (Å²) < 4.78 is 11.4. The van der Waals surface area contributed by atoms with Gasteiger partial charge in [0.1, 0.15) is 23.3 Å². The number of rotatable bonds is 8. The zero-order valence-electron chi connectivity index (χ0n) is 21.9. The van der Waals surface area contributed by atoms with Crippen LogP contribution >= 0.6 is 0 Å². The van der Waals surface area contributed by atoms with Crippen molar-refractivity contribution in [1.82, 2.24) is 15.0 Å². The Morgan fingerprint density at radius 2 is 1.81 bits per heavy atom. The van der Waals surface area contributed by atoms with E-state index < -0.39 is 6.03 Å². The Morgan fingerprint density at radius 3 is 2.46 bits per heavy atom. The van der Waals surface area contributed by atoms with Gasteiger partial charge in [0.2, 0.25) is 0 Å². The van der Waals surface area contributed by atoms with Gasteiger partial charge in [-0.2, -0.15) is 0 Å². The molecule has 3 heterocycles. The molecule has 0 unspecified atom stereocenters. The molecule has 9 heteroatoms. The van der Waals surface area contributed by atoms with Crippen LogP contribution in [0.1, 0.15) is 62.3 Å². The highest BCUT2D eigenvalue weighted by Gasteiger charge is 2.21. The number of anilines is 2. The number of piperidine rings is 1. The molecule has 3 aromatic rings. The van der Waals surface area contributed by atoms with Crippen LogP contribution < -0.4 is 15.4 Å². The van der Waals surface area contributed by atoms with Crippen molar-refractivity contribution in [3.8, 4) is 5.75 Å². The molecule has 2 N–H and O–H groups in total. The summed E-state index contributed by atoms with van der Waals surface area (Å²) in [6, 6.07) is 11.9. The first-order valence-electron chi connectivity index (χ1n) is 12.7. The van der Waals surface area contributed by atoms with E-state index in [1.807, 2.05) is 32.9 Å². The molecule has 9 nitrogen and oxygen atoms in total. The second-order valence-corrected chi connectivity index (χ2v) is 10.3. The lowest BCUT2D eigenvalue weighted by Gasteiger charge is -2.31. The maximum absolute atomic E-state index is 12.9. The summed E-state index contributed by atoms with van der Waals surface area (Å²) in [5.74, 6) is 1.61. The zero-order valence-corrected chi connectivity index (χ0v) is 21.9. The van der Waals surface area contributed by atoms with Gasteiger partial charge in [-0.3, -0.25) is 15.1 Å². The Hall–Kier alpha value is -3.72. The molecule has 2 aromatic heterocycles. The van der Waals surface area contributed by atoms with E-state index in [9.17, 15) is 9.59 Å². The van der Waals surface area contributed by atoms with E-state index in [0.29, 0.717) is 28.7 Å². The third kappa shape index (κ3) is 7.39. The first-order chi connectivity index (χ1) is 17.7. The third-order valence-corrected chi connectivity index (χ3v) is 6.37. The van der Waals surface area contributed by atoms with Gasteiger partial charge < -0.3 is 19.5 Å². The van der Waals surface area contributed by atoms with E-state index in [2.05, 4.69) is 32.6 Å². The minimum Gasteiger partial charge on any atom is -0.490 e. The number of Topliss-reactive ketones (excluding diaryl/α,β-unsaturated/α-hetero) is 1. The molecule has 0 aliphatic carbocycles. The first kappa shape index (κ1) is 26.3. The van der Waals surface area contributed by atoms with Gasteiger partial charge in [-0.15, -0.1) is 0 Å². The predicted octanol–water partition coefficient (Wildman–Crippen LogP) is 5.30. The van der Waals surface area contributed by atoms with Gasteiger partial charge in [0, 0.05) is 48.9 Å². The zero-order chi connectivity index (χ0) is 26.4. The minimum atomic E-state index is -0.432. The number of nitrogens with zero attached hydrogens (tertiary/aromatic N) is 3. The smallest absolute Gasteiger partial charge is 0.324 e. The van der Waals surface area contributed by atoms with Crippen LogP contribution in [0.4, 0.5) is 16.3 Å². The fourth-order valence-electron chi connectivity index (χ4n) is 4.12. The minimum absolute atomic E-state index is 0.0922. The largest absolute Gasteiger partial charge is 0.490 e. The van der Waals surface area contributed by atoms with Crippen LogP contribution in [0.15, 0.2) is 53.2 Å². The van der Waals surface area contributed by atoms with Gasteiger partial charge in [0.05, 0.1) is 0 Å². The van der Waals surface area contributed by atoms with Crippen LogP contribution in [0, 0.1) is 0 Å². The van der Waals surface area contributed by atoms with Crippen molar-refractivity contribution in [2.75, 3.05) is 30.3 Å². The van der Waals surface area contributed by atoms with Gasteiger partial charge in [0.25, 0.3) is 0 Å². The van der Waals surface area contributed by atoms with Gasteiger partial charge in [0.15, 0.2) is 11.6 Å². The van der Waals surface area contributed by atoms with Crippen molar-refractivity contribution in [2.24, 2.45) is 0 Å². The van der Waals surface area contributed by atoms with Crippen molar-refractivity contribution in [1.29, 1.82) is 0 Å². The maximum Gasteiger partial charge on any atom is 0.324 e. The van der Waals surface area contributed by atoms with Gasteiger partial charge >= 0.3 is 6.03 Å². The van der Waals surface area contributed by atoms with Crippen molar-refractivity contribution in [3.63, 3.8) is 0 Å². The molecule has 0 spiro atoms. The topological polar surface area (TPSA) is 110 Å². The number of aromatic nitrogens is 2. The summed E-state index contributed by atoms with van der Waals surface area (Å²) in [5.41, 5.74) is 1.60. The fraction of sp³-hybridized carbons (Fsp3) is 0.429. The highest BCUT2D eigenvalue weighted by atomic mass is 16.5. The number of ether oxygens (including phenoxy) is 1. The Labute approximate surface area is 217 Å². The number of carbonyl (C=O) groups excluding carboxylic acids is 2. The number of amides is 2. The van der Waals surface area contributed by atoms with Crippen molar-refractivity contribution in [3.05, 3.63) is 65.7 Å². The Balaban J connectivity index is 1.28. The molecular weight excluding hydrogens is 470 g/mol. The highest BCUT2D eigenvalue weighted by Crippen LogP contribution is 2.24. The predicted molar refractivity (Wildman–Crippen MR) is 142 cm³/mol. The normalized spacial score (nSPS) is 14.8. The molecule has 0 bridgehead atoms. The van der Waals surface area contributed by atoms with Gasteiger partial charge in [-0.25, -0.2) is 4.79 Å². The number of ketones is 1. The summed E-state index contributed by atoms with van der Waals surface area (Å²) in [6.45, 7) is 11.3. The molecule has 1 saturated heterocycles. The van der Waals surface area contributed by atoms with Crippen LogP contribution in [0.3, 0.4) is 0 Å². The van der Waals surface area contributed by atoms with E-state index >= 15 is 0 Å².